The summed E-state index contributed by atoms with van der Waals surface area (Å²) >= 11 is 0. The molecule has 6 heteroatoms. The second kappa shape index (κ2) is 12.8. The highest BCUT2D eigenvalue weighted by Crippen LogP contribution is 2.49. The van der Waals surface area contributed by atoms with Crippen molar-refractivity contribution < 1.29 is 4.42 Å². The van der Waals surface area contributed by atoms with E-state index in [4.69, 9.17) is 19.4 Å². The fourth-order valence-electron chi connectivity index (χ4n) is 11.0. The van der Waals surface area contributed by atoms with Crippen molar-refractivity contribution in [3.8, 4) is 39.9 Å². The van der Waals surface area contributed by atoms with Crippen LogP contribution in [0.15, 0.2) is 205 Å². The van der Waals surface area contributed by atoms with E-state index in [1.54, 1.807) is 0 Å². The molecule has 10 aromatic carbocycles. The molecule has 0 radical (unpaired) electrons. The smallest absolute Gasteiger partial charge is 0.167 e. The van der Waals surface area contributed by atoms with Crippen LogP contribution in [0.5, 0.6) is 0 Å². The van der Waals surface area contributed by atoms with Gasteiger partial charge in [-0.25, -0.2) is 15.0 Å². The van der Waals surface area contributed by atoms with Crippen LogP contribution < -0.4 is 0 Å². The van der Waals surface area contributed by atoms with Gasteiger partial charge in [-0.15, -0.1) is 0 Å². The molecule has 0 atom stereocenters. The van der Waals surface area contributed by atoms with Crippen LogP contribution in [-0.4, -0.2) is 23.9 Å². The van der Waals surface area contributed by atoms with Crippen molar-refractivity contribution in [2.24, 2.45) is 0 Å². The summed E-state index contributed by atoms with van der Waals surface area (Å²) in [6, 6.07) is 71.2. The third-order valence-electron chi connectivity index (χ3n) is 13.6. The predicted octanol–water partition coefficient (Wildman–Crippen LogP) is 15.3. The van der Waals surface area contributed by atoms with E-state index in [1.807, 2.05) is 54.6 Å². The molecule has 0 saturated heterocycles. The molecule has 5 heterocycles. The van der Waals surface area contributed by atoms with E-state index >= 15 is 0 Å². The highest BCUT2D eigenvalue weighted by atomic mass is 16.3. The molecule has 0 spiro atoms. The number of rotatable bonds is 4. The number of furan rings is 1. The first-order valence-corrected chi connectivity index (χ1v) is 22.0. The van der Waals surface area contributed by atoms with Crippen molar-refractivity contribution >= 4 is 103 Å². The molecule has 6 nitrogen and oxygen atoms in total. The minimum Gasteiger partial charge on any atom is -0.455 e. The van der Waals surface area contributed by atoms with Gasteiger partial charge in [0.25, 0.3) is 0 Å². The predicted molar refractivity (Wildman–Crippen MR) is 267 cm³/mol. The molecule has 0 fully saturated rings. The fourth-order valence-corrected chi connectivity index (χ4v) is 11.0. The molecule has 0 amide bonds. The van der Waals surface area contributed by atoms with Crippen molar-refractivity contribution in [1.29, 1.82) is 0 Å². The zero-order chi connectivity index (χ0) is 42.3. The lowest BCUT2D eigenvalue weighted by molar-refractivity contribution is 0.669. The van der Waals surface area contributed by atoms with E-state index in [9.17, 15) is 0 Å². The summed E-state index contributed by atoms with van der Waals surface area (Å²) in [6.07, 6.45) is 0. The van der Waals surface area contributed by atoms with Gasteiger partial charge in [-0.05, 0) is 52.6 Å². The topological polar surface area (TPSA) is 61.2 Å². The molecule has 0 N–H and O–H groups in total. The summed E-state index contributed by atoms with van der Waals surface area (Å²) < 4.78 is 11.5. The van der Waals surface area contributed by atoms with Gasteiger partial charge >= 0.3 is 0 Å². The fraction of sp³-hybridized carbons (Fsp3) is 0. The minimum absolute atomic E-state index is 0.556. The maximum absolute atomic E-state index is 6.52. The Labute approximate surface area is 370 Å². The van der Waals surface area contributed by atoms with E-state index in [1.165, 1.54) is 75.9 Å². The highest BCUT2D eigenvalue weighted by molar-refractivity contribution is 6.40. The van der Waals surface area contributed by atoms with E-state index in [0.29, 0.717) is 17.5 Å². The maximum Gasteiger partial charge on any atom is 0.167 e. The average molecular weight is 828 g/mol. The van der Waals surface area contributed by atoms with Gasteiger partial charge in [0.15, 0.2) is 17.5 Å². The van der Waals surface area contributed by atoms with Crippen molar-refractivity contribution in [1.82, 2.24) is 23.9 Å². The number of para-hydroxylation sites is 4. The lowest BCUT2D eigenvalue weighted by atomic mass is 9.97. The molecular formula is C59H33N5O. The van der Waals surface area contributed by atoms with Crippen LogP contribution in [0.2, 0.25) is 0 Å². The van der Waals surface area contributed by atoms with Gasteiger partial charge in [0.05, 0.1) is 33.1 Å². The number of hydrogen-bond acceptors (Lipinski definition) is 4. The Bertz CT molecular complexity index is 4480. The van der Waals surface area contributed by atoms with Crippen LogP contribution in [0.4, 0.5) is 0 Å². The van der Waals surface area contributed by atoms with Gasteiger partial charge in [0, 0.05) is 65.3 Å². The monoisotopic (exact) mass is 827 g/mol. The first-order valence-electron chi connectivity index (χ1n) is 22.0. The molecule has 0 unspecified atom stereocenters. The van der Waals surface area contributed by atoms with Gasteiger partial charge in [-0.1, -0.05) is 164 Å². The highest BCUT2D eigenvalue weighted by Gasteiger charge is 2.27. The summed E-state index contributed by atoms with van der Waals surface area (Å²) in [4.78, 5) is 15.6. The third kappa shape index (κ3) is 4.69. The van der Waals surface area contributed by atoms with Crippen molar-refractivity contribution in [2.45, 2.75) is 0 Å². The van der Waals surface area contributed by atoms with Crippen LogP contribution in [0.1, 0.15) is 0 Å². The Morgan fingerprint density at radius 2 is 0.985 bits per heavy atom. The molecule has 15 aromatic rings. The van der Waals surface area contributed by atoms with E-state index in [-0.39, 0.29) is 0 Å². The van der Waals surface area contributed by atoms with Gasteiger partial charge in [-0.3, -0.25) is 0 Å². The average Bonchev–Trinajstić information content (AvgIpc) is 4.13. The molecule has 0 saturated carbocycles. The molecule has 15 rings (SSSR count). The number of benzene rings is 10. The van der Waals surface area contributed by atoms with Gasteiger partial charge in [-0.2, -0.15) is 0 Å². The second-order valence-electron chi connectivity index (χ2n) is 17.1. The van der Waals surface area contributed by atoms with Crippen LogP contribution >= 0.6 is 0 Å². The summed E-state index contributed by atoms with van der Waals surface area (Å²) in [7, 11) is 0. The summed E-state index contributed by atoms with van der Waals surface area (Å²) in [5.41, 5.74) is 11.2. The standard InChI is InChI=1S/C59H33N5O/c1-2-16-35(17-3-1)57-60-58(62-59(61-57)46-28-13-25-42-39-21-9-11-30-49(39)65-56(42)46)36-18-12-19-37(33-36)63-47-29-10-8-24-43(47)52-54(63)41-23-7-6-22-40(41)51-45-27-14-26-44-50-38-20-5-4-15-34(38)31-32-48(50)64(53(44)45)55(51)52/h1-33H. The lowest BCUT2D eigenvalue weighted by Gasteiger charge is -2.13. The number of fused-ring (bicyclic) bond motifs is 18. The maximum atomic E-state index is 6.52. The summed E-state index contributed by atoms with van der Waals surface area (Å²) in [5, 5.41) is 14.6. The van der Waals surface area contributed by atoms with Crippen molar-refractivity contribution in [2.75, 3.05) is 0 Å². The Hall–Kier alpha value is -8.87. The normalized spacial score (nSPS) is 12.3. The second-order valence-corrected chi connectivity index (χ2v) is 17.1. The number of nitrogens with zero attached hydrogens (tertiary/aromatic N) is 5. The molecular weight excluding hydrogens is 795 g/mol. The third-order valence-corrected chi connectivity index (χ3v) is 13.6. The molecule has 5 aromatic heterocycles. The lowest BCUT2D eigenvalue weighted by Crippen LogP contribution is -2.01. The van der Waals surface area contributed by atoms with Gasteiger partial charge in [0.1, 0.15) is 11.2 Å². The van der Waals surface area contributed by atoms with E-state index in [0.717, 1.165) is 49.8 Å². The summed E-state index contributed by atoms with van der Waals surface area (Å²) in [6.45, 7) is 0. The SMILES string of the molecule is c1ccc(-c2nc(-c3cccc(-n4c5ccccc5c5c4c4ccccc4c4c6cccc7c8c9ccccc9ccc8n(c76)c45)c3)nc(-c3cccc4c3oc3ccccc34)n2)cc1. The number of hydrogen-bond donors (Lipinski definition) is 0. The first-order chi connectivity index (χ1) is 32.3. The Balaban J connectivity index is 1.03. The van der Waals surface area contributed by atoms with E-state index in [2.05, 4.69) is 155 Å². The molecule has 65 heavy (non-hydrogen) atoms. The van der Waals surface area contributed by atoms with E-state index < -0.39 is 0 Å². The molecule has 0 aliphatic heterocycles. The molecule has 0 bridgehead atoms. The first kappa shape index (κ1) is 34.7. The van der Waals surface area contributed by atoms with Crippen LogP contribution in [0, 0.1) is 0 Å². The van der Waals surface area contributed by atoms with Crippen LogP contribution in [-0.2, 0) is 0 Å². The zero-order valence-corrected chi connectivity index (χ0v) is 34.7. The van der Waals surface area contributed by atoms with Crippen LogP contribution in [0.25, 0.3) is 143 Å². The molecule has 0 aliphatic carbocycles. The van der Waals surface area contributed by atoms with Crippen LogP contribution in [0.3, 0.4) is 0 Å². The largest absolute Gasteiger partial charge is 0.455 e. The van der Waals surface area contributed by atoms with Crippen molar-refractivity contribution in [3.05, 3.63) is 200 Å². The quantitative estimate of drug-likeness (QED) is 0.177. The Morgan fingerprint density at radius 3 is 1.86 bits per heavy atom. The van der Waals surface area contributed by atoms with Crippen molar-refractivity contribution in [3.63, 3.8) is 0 Å². The van der Waals surface area contributed by atoms with Gasteiger partial charge < -0.3 is 13.4 Å². The molecule has 300 valence electrons. The zero-order valence-electron chi connectivity index (χ0n) is 34.7. The summed E-state index contributed by atoms with van der Waals surface area (Å²) in [5.74, 6) is 1.74. The Morgan fingerprint density at radius 1 is 0.354 bits per heavy atom. The minimum atomic E-state index is 0.556. The van der Waals surface area contributed by atoms with Gasteiger partial charge in [0.2, 0.25) is 0 Å². The number of aromatic nitrogens is 5. The molecule has 0 aliphatic rings. The Kier molecular flexibility index (Phi) is 6.86.